The van der Waals surface area contributed by atoms with Crippen molar-refractivity contribution in [3.63, 3.8) is 0 Å². The van der Waals surface area contributed by atoms with Crippen molar-refractivity contribution in [3.05, 3.63) is 22.1 Å². The van der Waals surface area contributed by atoms with Crippen LogP contribution in [-0.4, -0.2) is 135 Å². The molecule has 0 saturated carbocycles. The summed E-state index contributed by atoms with van der Waals surface area (Å²) in [6, 6.07) is 0. The molecule has 2 unspecified atom stereocenters. The number of phosphoric ester groups is 3. The van der Waals surface area contributed by atoms with E-state index in [2.05, 4.69) is 34.4 Å². The predicted molar refractivity (Wildman–Crippen MR) is 209 cm³/mol. The molecular weight excluding hydrogens is 979 g/mol. The number of aliphatic hydroxyl groups is 2. The summed E-state index contributed by atoms with van der Waals surface area (Å²) >= 11 is 12.0. The van der Waals surface area contributed by atoms with E-state index in [-0.39, 0.29) is 59.5 Å². The van der Waals surface area contributed by atoms with Crippen LogP contribution in [0.4, 0.5) is 19.0 Å². The first-order chi connectivity index (χ1) is 28.0. The number of amides is 2. The first-order valence-electron chi connectivity index (χ1n) is 16.8. The second kappa shape index (κ2) is 22.3. The zero-order valence-electron chi connectivity index (χ0n) is 31.3. The van der Waals surface area contributed by atoms with E-state index in [1.54, 1.807) is 0 Å². The number of nitrogens with zero attached hydrogens (tertiary/aromatic N) is 4. The average Bonchev–Trinajstić information content (AvgIpc) is 3.70. The van der Waals surface area contributed by atoms with Gasteiger partial charge in [0.2, 0.25) is 11.8 Å². The minimum Gasteiger partial charge on any atom is -0.386 e. The fraction of sp³-hybridized carbons (Fsp3) is 0.630. The Morgan fingerprint density at radius 2 is 1.66 bits per heavy atom. The maximum atomic E-state index is 12.7. The molecular formula is C27H39Cl2F3N7O17P3S2. The highest BCUT2D eigenvalue weighted by Gasteiger charge is 2.50. The maximum absolute atomic E-state index is 12.7. The molecule has 2 aromatic rings. The Bertz CT molecular complexity index is 2070. The zero-order chi connectivity index (χ0) is 46.1. The van der Waals surface area contributed by atoms with Gasteiger partial charge in [-0.2, -0.15) is 17.5 Å². The molecule has 2 amide bonds. The van der Waals surface area contributed by atoms with Crippen molar-refractivity contribution < 1.29 is 93.7 Å². The molecule has 1 fully saturated rings. The van der Waals surface area contributed by atoms with Gasteiger partial charge in [0.1, 0.15) is 41.3 Å². The zero-order valence-corrected chi connectivity index (χ0v) is 37.1. The number of anilines is 1. The van der Waals surface area contributed by atoms with Gasteiger partial charge in [0.15, 0.2) is 22.8 Å². The molecule has 0 aromatic carbocycles. The van der Waals surface area contributed by atoms with Crippen molar-refractivity contribution in [1.82, 2.24) is 30.2 Å². The topological polar surface area (TPSA) is 364 Å². The van der Waals surface area contributed by atoms with E-state index in [0.717, 1.165) is 29.0 Å². The quantitative estimate of drug-likeness (QED) is 0.0568. The number of aromatic nitrogens is 4. The first-order valence-corrected chi connectivity index (χ1v) is 24.1. The number of hydrogen-bond acceptors (Lipinski definition) is 19. The summed E-state index contributed by atoms with van der Waals surface area (Å²) in [5, 5.41) is 24.3. The smallest absolute Gasteiger partial charge is 0.386 e. The van der Waals surface area contributed by atoms with Crippen molar-refractivity contribution >= 4 is 104 Å². The van der Waals surface area contributed by atoms with Crippen LogP contribution in [0, 0.1) is 5.41 Å². The number of carbonyl (C=O) groups is 3. The number of nitrogens with one attached hydrogen (secondary N) is 2. The van der Waals surface area contributed by atoms with Gasteiger partial charge in [0, 0.05) is 42.9 Å². The average molecular weight is 1020 g/mol. The Labute approximate surface area is 361 Å². The van der Waals surface area contributed by atoms with Gasteiger partial charge in [-0.1, -0.05) is 48.8 Å². The van der Waals surface area contributed by atoms with Gasteiger partial charge in [-0.15, -0.1) is 11.8 Å². The van der Waals surface area contributed by atoms with Crippen LogP contribution in [0.1, 0.15) is 32.9 Å². The van der Waals surface area contributed by atoms with E-state index in [9.17, 15) is 71.0 Å². The molecule has 1 aliphatic rings. The molecule has 0 spiro atoms. The molecule has 2 aromatic heterocycles. The lowest BCUT2D eigenvalue weighted by molar-refractivity contribution is -0.137. The van der Waals surface area contributed by atoms with E-state index in [0.29, 0.717) is 11.8 Å². The second-order valence-corrected chi connectivity index (χ2v) is 20.4. The monoisotopic (exact) mass is 1020 g/mol. The lowest BCUT2D eigenvalue weighted by Gasteiger charge is -2.30. The molecule has 3 rings (SSSR count). The number of ether oxygens (including phenoxy) is 1. The molecule has 61 heavy (non-hydrogen) atoms. The molecule has 34 heteroatoms. The number of carbonyl (C=O) groups excluding carboxylic acids is 3. The Morgan fingerprint density at radius 3 is 2.30 bits per heavy atom. The van der Waals surface area contributed by atoms with Crippen molar-refractivity contribution in [3.8, 4) is 0 Å². The highest BCUT2D eigenvalue weighted by molar-refractivity contribution is 8.13. The van der Waals surface area contributed by atoms with E-state index < -0.39 is 100 Å². The highest BCUT2D eigenvalue weighted by Crippen LogP contribution is 2.61. The minimum absolute atomic E-state index is 0.00687. The van der Waals surface area contributed by atoms with Crippen LogP contribution in [0.2, 0.25) is 0 Å². The molecule has 1 aliphatic heterocycles. The Hall–Kier alpha value is -1.98. The van der Waals surface area contributed by atoms with E-state index in [1.165, 1.54) is 13.8 Å². The SMILES string of the molecule is CC(C)(COP(=O)(O)OP(=O)(O)OC[C@H]1O[C@@H](n2cnc3c(N)ncnc32)[C@H](O)[C@@H]1OP(=O)(O)O)[C@@H](O)C(=O)NCCC(=O)NCCSC(=O)CCSC(Cl)=C(Cl)C(F)(F)F. The third-order valence-corrected chi connectivity index (χ3v) is 13.7. The number of thioether (sulfide) groups is 2. The number of nitrogen functional groups attached to an aromatic ring is 1. The van der Waals surface area contributed by atoms with Gasteiger partial charge in [0.05, 0.1) is 23.9 Å². The second-order valence-electron chi connectivity index (χ2n) is 13.0. The normalized spacial score (nSPS) is 21.7. The van der Waals surface area contributed by atoms with Gasteiger partial charge in [-0.05, 0) is 0 Å². The number of aliphatic hydroxyl groups excluding tert-OH is 2. The Balaban J connectivity index is 1.43. The lowest BCUT2D eigenvalue weighted by atomic mass is 9.87. The number of alkyl halides is 3. The number of allylic oxidation sites excluding steroid dienone is 1. The van der Waals surface area contributed by atoms with E-state index >= 15 is 0 Å². The molecule has 0 aliphatic carbocycles. The number of fused-ring (bicyclic) bond motifs is 1. The van der Waals surface area contributed by atoms with Crippen LogP contribution in [0.15, 0.2) is 22.1 Å². The van der Waals surface area contributed by atoms with Gasteiger partial charge in [-0.3, -0.25) is 32.5 Å². The summed E-state index contributed by atoms with van der Waals surface area (Å²) in [6.07, 6.45) is -12.2. The maximum Gasteiger partial charge on any atom is 0.481 e. The summed E-state index contributed by atoms with van der Waals surface area (Å²) in [4.78, 5) is 87.5. The fourth-order valence-corrected chi connectivity index (χ4v) is 9.61. The number of imidazole rings is 1. The number of nitrogens with two attached hydrogens (primary N) is 1. The summed E-state index contributed by atoms with van der Waals surface area (Å²) in [5.41, 5.74) is 4.14. The third kappa shape index (κ3) is 16.8. The number of phosphoric acid groups is 3. The van der Waals surface area contributed by atoms with Crippen molar-refractivity contribution in [1.29, 1.82) is 0 Å². The van der Waals surface area contributed by atoms with Crippen LogP contribution in [0.3, 0.4) is 0 Å². The van der Waals surface area contributed by atoms with E-state index in [1.807, 2.05) is 0 Å². The number of halogens is 5. The standard InChI is InChI=1S/C27H39Cl2F3N7O17P3S2/c1-26(2,20(43)24(44)35-5-3-14(40)34-6-8-60-15(41)4-7-61-21(29)19(28)27(30,31)32)10-53-59(50,51)56-58(48,49)52-9-13-18(55-57(45,46)47)17(42)25(54-13)39-12-38-16-22(33)36-11-37-23(16)39/h11-13,17-18,20,25,42-43H,3-10H2,1-2H3,(H,34,40)(H,35,44)(H,48,49)(H,50,51)(H2,33,36,37)(H2,45,46,47)/t13-,17-,18-,20+,25-/m1/s1. The third-order valence-electron chi connectivity index (χ3n) is 7.72. The largest absolute Gasteiger partial charge is 0.481 e. The summed E-state index contributed by atoms with van der Waals surface area (Å²) < 4.78 is 98.8. The Morgan fingerprint density at radius 1 is 1.00 bits per heavy atom. The van der Waals surface area contributed by atoms with Crippen molar-refractivity contribution in [2.24, 2.45) is 5.41 Å². The molecule has 346 valence electrons. The van der Waals surface area contributed by atoms with Gasteiger partial charge in [0.25, 0.3) is 0 Å². The first kappa shape index (κ1) is 53.4. The highest BCUT2D eigenvalue weighted by atomic mass is 35.5. The van der Waals surface area contributed by atoms with Gasteiger partial charge in [-0.25, -0.2) is 28.6 Å². The fourth-order valence-electron chi connectivity index (χ4n) is 4.77. The summed E-state index contributed by atoms with van der Waals surface area (Å²) in [5.74, 6) is -1.64. The molecule has 3 heterocycles. The van der Waals surface area contributed by atoms with Crippen molar-refractivity contribution in [2.75, 3.05) is 43.5 Å². The van der Waals surface area contributed by atoms with Crippen LogP contribution in [0.25, 0.3) is 11.2 Å². The molecule has 7 atom stereocenters. The van der Waals surface area contributed by atoms with Crippen LogP contribution >= 0.6 is 70.2 Å². The summed E-state index contributed by atoms with van der Waals surface area (Å²) in [6.45, 7) is 0.000933. The number of rotatable bonds is 23. The Kier molecular flexibility index (Phi) is 19.5. The van der Waals surface area contributed by atoms with E-state index in [4.69, 9.17) is 42.7 Å². The van der Waals surface area contributed by atoms with Gasteiger partial charge < -0.3 is 50.9 Å². The van der Waals surface area contributed by atoms with Crippen LogP contribution < -0.4 is 16.4 Å². The number of hydrogen-bond donors (Lipinski definition) is 9. The summed E-state index contributed by atoms with van der Waals surface area (Å²) in [7, 11) is -16.5. The molecule has 10 N–H and O–H groups in total. The lowest BCUT2D eigenvalue weighted by Crippen LogP contribution is -2.46. The van der Waals surface area contributed by atoms with Crippen LogP contribution in [0.5, 0.6) is 0 Å². The van der Waals surface area contributed by atoms with Gasteiger partial charge >= 0.3 is 29.6 Å². The predicted octanol–water partition coefficient (Wildman–Crippen LogP) is 2.00. The molecule has 24 nitrogen and oxygen atoms in total. The molecule has 0 radical (unpaired) electrons. The minimum atomic E-state index is -5.62. The van der Waals surface area contributed by atoms with Crippen molar-refractivity contribution in [2.45, 2.75) is 63.5 Å². The molecule has 1 saturated heterocycles. The molecule has 0 bridgehead atoms. The van der Waals surface area contributed by atoms with Crippen LogP contribution in [-0.2, 0) is 50.7 Å².